The Bertz CT molecular complexity index is 1830. The van der Waals surface area contributed by atoms with Gasteiger partial charge in [0.25, 0.3) is 0 Å². The highest BCUT2D eigenvalue weighted by atomic mass is 16.5. The molecule has 208 valence electrons. The van der Waals surface area contributed by atoms with Crippen LogP contribution in [0, 0.1) is 0 Å². The van der Waals surface area contributed by atoms with Crippen molar-refractivity contribution in [1.29, 1.82) is 0 Å². The number of nitrogens with zero attached hydrogens (tertiary/aromatic N) is 1. The molecule has 0 atom stereocenters. The van der Waals surface area contributed by atoms with Crippen molar-refractivity contribution in [3.8, 4) is 22.5 Å². The van der Waals surface area contributed by atoms with Crippen molar-refractivity contribution in [1.82, 2.24) is 0 Å². The molecule has 5 rings (SSSR count). The quantitative estimate of drug-likeness (QED) is 0.182. The number of Topliss-reactive ketones (excluding diaryl/α,β-unsaturated/α-hetero) is 2. The normalized spacial score (nSPS) is 13.7. The Kier molecular flexibility index (Phi) is 7.19. The molecule has 0 aromatic heterocycles. The molecule has 2 aliphatic carbocycles. The topological polar surface area (TPSA) is 112 Å². The number of fused-ring (bicyclic) bond motifs is 2. The Morgan fingerprint density at radius 3 is 2.27 bits per heavy atom. The molecule has 1 heterocycles. The molecule has 2 aromatic rings. The fraction of sp³-hybridized carbons (Fsp3) is 0.188. The van der Waals surface area contributed by atoms with Gasteiger partial charge in [-0.15, -0.1) is 0 Å². The zero-order chi connectivity index (χ0) is 29.4. The van der Waals surface area contributed by atoms with Gasteiger partial charge in [-0.1, -0.05) is 18.2 Å². The molecular formula is C32H27NO8. The lowest BCUT2D eigenvalue weighted by atomic mass is 9.90. The van der Waals surface area contributed by atoms with Crippen LogP contribution in [0.2, 0.25) is 0 Å². The molecule has 0 fully saturated rings. The van der Waals surface area contributed by atoms with Crippen LogP contribution in [0.15, 0.2) is 92.5 Å². The minimum atomic E-state index is -0.700. The van der Waals surface area contributed by atoms with Crippen LogP contribution < -0.4 is 10.3 Å². The largest absolute Gasteiger partial charge is 0.489 e. The van der Waals surface area contributed by atoms with E-state index in [2.05, 4.69) is 0 Å². The van der Waals surface area contributed by atoms with Gasteiger partial charge < -0.3 is 23.5 Å². The number of ether oxygens (including phenoxy) is 3. The summed E-state index contributed by atoms with van der Waals surface area (Å²) in [6.45, 7) is 1.03. The number of rotatable bonds is 7. The third-order valence-electron chi connectivity index (χ3n) is 7.05. The first-order valence-electron chi connectivity index (χ1n) is 12.7. The van der Waals surface area contributed by atoms with Gasteiger partial charge in [0.05, 0.1) is 19.8 Å². The third kappa shape index (κ3) is 4.75. The van der Waals surface area contributed by atoms with Gasteiger partial charge in [-0.2, -0.15) is 0 Å². The van der Waals surface area contributed by atoms with Crippen molar-refractivity contribution >= 4 is 34.2 Å². The standard InChI is InChI=1S/C32H27NO8/c1-17-24(29(36)31(39-5)30(38-4)28(17)35)16-40-32(37)21-9-7-6-8-20(21)27-22-12-10-18(33(2)3)14-25(22)41-26-15-19(34)11-13-23(26)27/h6-15H,16H2,1-5H3. The summed E-state index contributed by atoms with van der Waals surface area (Å²) in [6, 6.07) is 17.1. The van der Waals surface area contributed by atoms with Crippen LogP contribution in [0.4, 0.5) is 5.69 Å². The van der Waals surface area contributed by atoms with Crippen LogP contribution in [-0.2, 0) is 23.8 Å². The summed E-state index contributed by atoms with van der Waals surface area (Å²) in [7, 11) is 6.36. The van der Waals surface area contributed by atoms with E-state index in [0.29, 0.717) is 28.0 Å². The van der Waals surface area contributed by atoms with E-state index >= 15 is 0 Å². The second-order valence-corrected chi connectivity index (χ2v) is 9.66. The van der Waals surface area contributed by atoms with Crippen LogP contribution in [0.5, 0.6) is 0 Å². The summed E-state index contributed by atoms with van der Waals surface area (Å²) in [6.07, 6.45) is 0. The molecule has 0 amide bonds. The van der Waals surface area contributed by atoms with E-state index in [1.54, 1.807) is 30.3 Å². The van der Waals surface area contributed by atoms with Gasteiger partial charge in [-0.05, 0) is 42.8 Å². The number of carbonyl (C=O) groups is 3. The second-order valence-electron chi connectivity index (χ2n) is 9.66. The van der Waals surface area contributed by atoms with E-state index < -0.39 is 24.1 Å². The van der Waals surface area contributed by atoms with Crippen LogP contribution in [0.3, 0.4) is 0 Å². The average Bonchev–Trinajstić information content (AvgIpc) is 2.97. The van der Waals surface area contributed by atoms with Gasteiger partial charge in [-0.25, -0.2) is 4.79 Å². The van der Waals surface area contributed by atoms with Crippen molar-refractivity contribution in [3.05, 3.63) is 99.1 Å². The van der Waals surface area contributed by atoms with Crippen molar-refractivity contribution in [2.45, 2.75) is 6.92 Å². The Morgan fingerprint density at radius 1 is 0.854 bits per heavy atom. The maximum Gasteiger partial charge on any atom is 0.339 e. The van der Waals surface area contributed by atoms with Crippen molar-refractivity contribution in [2.24, 2.45) is 0 Å². The fourth-order valence-electron chi connectivity index (χ4n) is 4.89. The molecule has 0 spiro atoms. The Morgan fingerprint density at radius 2 is 1.56 bits per heavy atom. The second kappa shape index (κ2) is 10.8. The third-order valence-corrected chi connectivity index (χ3v) is 7.05. The molecule has 0 saturated carbocycles. The predicted octanol–water partition coefficient (Wildman–Crippen LogP) is 4.76. The summed E-state index contributed by atoms with van der Waals surface area (Å²) >= 11 is 0. The average molecular weight is 554 g/mol. The molecule has 0 bridgehead atoms. The highest BCUT2D eigenvalue weighted by Gasteiger charge is 2.35. The lowest BCUT2D eigenvalue weighted by Gasteiger charge is -2.21. The predicted molar refractivity (Wildman–Crippen MR) is 153 cm³/mol. The molecule has 9 nitrogen and oxygen atoms in total. The number of hydrogen-bond acceptors (Lipinski definition) is 9. The molecular weight excluding hydrogens is 526 g/mol. The molecule has 0 unspecified atom stereocenters. The van der Waals surface area contributed by atoms with Crippen LogP contribution >= 0.6 is 0 Å². The van der Waals surface area contributed by atoms with E-state index in [-0.39, 0.29) is 33.7 Å². The molecule has 0 saturated heterocycles. The molecule has 9 heteroatoms. The van der Waals surface area contributed by atoms with Crippen LogP contribution in [-0.4, -0.2) is 52.5 Å². The van der Waals surface area contributed by atoms with Gasteiger partial charge in [0.1, 0.15) is 18.0 Å². The van der Waals surface area contributed by atoms with Gasteiger partial charge in [0.2, 0.25) is 23.1 Å². The first-order chi connectivity index (χ1) is 19.7. The molecule has 0 radical (unpaired) electrons. The minimum absolute atomic E-state index is 0.00656. The van der Waals surface area contributed by atoms with Crippen LogP contribution in [0.1, 0.15) is 17.3 Å². The zero-order valence-electron chi connectivity index (χ0n) is 23.2. The summed E-state index contributed by atoms with van der Waals surface area (Å²) in [5.41, 5.74) is 3.46. The van der Waals surface area contributed by atoms with Crippen molar-refractivity contribution in [3.63, 3.8) is 0 Å². The number of benzene rings is 3. The summed E-state index contributed by atoms with van der Waals surface area (Å²) in [5.74, 6) is -1.86. The number of anilines is 1. The monoisotopic (exact) mass is 553 g/mol. The number of hydrogen-bond donors (Lipinski definition) is 0. The van der Waals surface area contributed by atoms with Gasteiger partial charge >= 0.3 is 5.97 Å². The molecule has 1 aliphatic heterocycles. The summed E-state index contributed by atoms with van der Waals surface area (Å²) in [4.78, 5) is 53.4. The lowest BCUT2D eigenvalue weighted by molar-refractivity contribution is -0.121. The van der Waals surface area contributed by atoms with Gasteiger partial charge in [-0.3, -0.25) is 14.4 Å². The number of methoxy groups -OCH3 is 2. The first kappa shape index (κ1) is 27.4. The fourth-order valence-corrected chi connectivity index (χ4v) is 4.89. The number of carbonyl (C=O) groups excluding carboxylic acids is 3. The van der Waals surface area contributed by atoms with Crippen LogP contribution in [0.25, 0.3) is 33.4 Å². The Hall–Kier alpha value is -5.18. The number of ketones is 2. The SMILES string of the molecule is COC1=C(OC)C(=O)C(COC(=O)c2ccccc2-c2c3ccc(=O)cc-3oc3cc(N(C)C)ccc23)=C(C)C1=O. The van der Waals surface area contributed by atoms with E-state index in [4.69, 9.17) is 18.6 Å². The van der Waals surface area contributed by atoms with E-state index in [9.17, 15) is 19.2 Å². The van der Waals surface area contributed by atoms with Gasteiger partial charge in [0.15, 0.2) is 5.43 Å². The highest BCUT2D eigenvalue weighted by Crippen LogP contribution is 2.42. The summed E-state index contributed by atoms with van der Waals surface area (Å²) < 4.78 is 21.9. The van der Waals surface area contributed by atoms with Crippen molar-refractivity contribution in [2.75, 3.05) is 39.8 Å². The molecule has 41 heavy (non-hydrogen) atoms. The van der Waals surface area contributed by atoms with Crippen molar-refractivity contribution < 1.29 is 33.0 Å². The Labute approximate surface area is 235 Å². The Balaban J connectivity index is 1.59. The first-order valence-corrected chi connectivity index (χ1v) is 12.7. The summed E-state index contributed by atoms with van der Waals surface area (Å²) in [5, 5.41) is 0.732. The molecule has 2 aromatic carbocycles. The lowest BCUT2D eigenvalue weighted by Crippen LogP contribution is -2.27. The minimum Gasteiger partial charge on any atom is -0.489 e. The maximum atomic E-state index is 13.5. The number of allylic oxidation sites excluding steroid dienone is 2. The highest BCUT2D eigenvalue weighted by molar-refractivity contribution is 6.23. The van der Waals surface area contributed by atoms with E-state index in [1.807, 2.05) is 37.2 Å². The zero-order valence-corrected chi connectivity index (χ0v) is 23.2. The van der Waals surface area contributed by atoms with E-state index in [0.717, 1.165) is 11.1 Å². The number of esters is 1. The van der Waals surface area contributed by atoms with Gasteiger partial charge in [0, 0.05) is 59.6 Å². The molecule has 3 aliphatic rings. The molecule has 0 N–H and O–H groups in total. The van der Waals surface area contributed by atoms with E-state index in [1.165, 1.54) is 33.3 Å². The smallest absolute Gasteiger partial charge is 0.339 e. The maximum absolute atomic E-state index is 13.5.